The molecular weight excluding hydrogens is 318 g/mol. The zero-order valence-electron chi connectivity index (χ0n) is 13.7. The highest BCUT2D eigenvalue weighted by atomic mass is 32.2. The van der Waals surface area contributed by atoms with Crippen LogP contribution in [0.25, 0.3) is 0 Å². The van der Waals surface area contributed by atoms with Crippen LogP contribution >= 0.6 is 11.8 Å². The summed E-state index contributed by atoms with van der Waals surface area (Å²) in [5, 5.41) is 7.48. The Kier molecular flexibility index (Phi) is 5.01. The van der Waals surface area contributed by atoms with Crippen molar-refractivity contribution < 1.29 is 4.79 Å². The first-order valence-electron chi connectivity index (χ1n) is 7.70. The van der Waals surface area contributed by atoms with Crippen LogP contribution in [-0.4, -0.2) is 21.9 Å². The van der Waals surface area contributed by atoms with E-state index in [1.807, 2.05) is 78.5 Å². The molecule has 0 aliphatic carbocycles. The summed E-state index contributed by atoms with van der Waals surface area (Å²) >= 11 is 1.56. The lowest BCUT2D eigenvalue weighted by Gasteiger charge is -2.11. The molecule has 3 aromatic rings. The minimum absolute atomic E-state index is 0.117. The van der Waals surface area contributed by atoms with Gasteiger partial charge in [-0.05, 0) is 30.9 Å². The number of aromatic nitrogens is 2. The van der Waals surface area contributed by atoms with Crippen molar-refractivity contribution in [1.82, 2.24) is 9.78 Å². The normalized spacial score (nSPS) is 10.6. The molecule has 24 heavy (non-hydrogen) atoms. The molecule has 0 radical (unpaired) electrons. The number of amides is 1. The Bertz CT molecular complexity index is 843. The van der Waals surface area contributed by atoms with Gasteiger partial charge in [-0.15, -0.1) is 11.8 Å². The summed E-state index contributed by atoms with van der Waals surface area (Å²) < 4.78 is 1.82. The molecule has 2 aromatic carbocycles. The number of rotatable bonds is 5. The standard InChI is InChI=1S/C19H19N3OS/c1-14-12-18(22(21-14)13-15-8-4-3-5-9-15)20-19(23)16-10-6-7-11-17(16)24-2/h3-12H,13H2,1-2H3,(H,20,23). The molecule has 0 unspecified atom stereocenters. The molecule has 0 saturated carbocycles. The van der Waals surface area contributed by atoms with Crippen LogP contribution < -0.4 is 5.32 Å². The summed E-state index contributed by atoms with van der Waals surface area (Å²) in [5.41, 5.74) is 2.69. The van der Waals surface area contributed by atoms with Gasteiger partial charge in [0.2, 0.25) is 0 Å². The van der Waals surface area contributed by atoms with Crippen molar-refractivity contribution in [3.63, 3.8) is 0 Å². The molecule has 3 rings (SSSR count). The predicted molar refractivity (Wildman–Crippen MR) is 98.7 cm³/mol. The zero-order chi connectivity index (χ0) is 16.9. The summed E-state index contributed by atoms with van der Waals surface area (Å²) in [6, 6.07) is 19.6. The van der Waals surface area contributed by atoms with Gasteiger partial charge < -0.3 is 5.32 Å². The van der Waals surface area contributed by atoms with Crippen molar-refractivity contribution in [1.29, 1.82) is 0 Å². The third-order valence-corrected chi connectivity index (χ3v) is 4.47. The molecule has 0 spiro atoms. The van der Waals surface area contributed by atoms with Crippen LogP contribution in [0, 0.1) is 6.92 Å². The van der Waals surface area contributed by atoms with Crippen molar-refractivity contribution in [3.05, 3.63) is 77.5 Å². The van der Waals surface area contributed by atoms with E-state index >= 15 is 0 Å². The lowest BCUT2D eigenvalue weighted by Crippen LogP contribution is -2.16. The van der Waals surface area contributed by atoms with E-state index < -0.39 is 0 Å². The number of carbonyl (C=O) groups is 1. The van der Waals surface area contributed by atoms with Gasteiger partial charge in [-0.2, -0.15) is 5.10 Å². The molecule has 1 aromatic heterocycles. The number of nitrogens with zero attached hydrogens (tertiary/aromatic N) is 2. The molecule has 0 aliphatic heterocycles. The summed E-state index contributed by atoms with van der Waals surface area (Å²) in [4.78, 5) is 13.6. The molecule has 1 N–H and O–H groups in total. The van der Waals surface area contributed by atoms with Gasteiger partial charge in [0.25, 0.3) is 5.91 Å². The highest BCUT2D eigenvalue weighted by molar-refractivity contribution is 7.98. The predicted octanol–water partition coefficient (Wildman–Crippen LogP) is 4.21. The SMILES string of the molecule is CSc1ccccc1C(=O)Nc1cc(C)nn1Cc1ccccc1. The minimum atomic E-state index is -0.117. The van der Waals surface area contributed by atoms with Gasteiger partial charge in [-0.1, -0.05) is 42.5 Å². The Morgan fingerprint density at radius 2 is 1.83 bits per heavy atom. The summed E-state index contributed by atoms with van der Waals surface area (Å²) in [7, 11) is 0. The molecule has 0 fully saturated rings. The lowest BCUT2D eigenvalue weighted by atomic mass is 10.2. The van der Waals surface area contributed by atoms with Crippen molar-refractivity contribution in [2.24, 2.45) is 0 Å². The van der Waals surface area contributed by atoms with E-state index in [0.29, 0.717) is 17.9 Å². The van der Waals surface area contributed by atoms with E-state index in [2.05, 4.69) is 10.4 Å². The van der Waals surface area contributed by atoms with E-state index in [1.54, 1.807) is 11.8 Å². The van der Waals surface area contributed by atoms with E-state index in [0.717, 1.165) is 16.2 Å². The number of aryl methyl sites for hydroxylation is 1. The maximum atomic E-state index is 12.6. The first-order chi connectivity index (χ1) is 11.7. The largest absolute Gasteiger partial charge is 0.307 e. The van der Waals surface area contributed by atoms with Crippen molar-refractivity contribution in [2.45, 2.75) is 18.4 Å². The highest BCUT2D eigenvalue weighted by Gasteiger charge is 2.14. The van der Waals surface area contributed by atoms with Gasteiger partial charge in [0.15, 0.2) is 0 Å². The maximum absolute atomic E-state index is 12.6. The van der Waals surface area contributed by atoms with Crippen LogP contribution in [0.3, 0.4) is 0 Å². The van der Waals surface area contributed by atoms with E-state index in [9.17, 15) is 4.79 Å². The lowest BCUT2D eigenvalue weighted by molar-refractivity contribution is 0.102. The van der Waals surface area contributed by atoms with E-state index in [4.69, 9.17) is 0 Å². The van der Waals surface area contributed by atoms with Gasteiger partial charge in [-0.3, -0.25) is 4.79 Å². The van der Waals surface area contributed by atoms with E-state index in [-0.39, 0.29) is 5.91 Å². The Morgan fingerprint density at radius 1 is 1.12 bits per heavy atom. The molecule has 4 nitrogen and oxygen atoms in total. The van der Waals surface area contributed by atoms with Crippen LogP contribution in [0.4, 0.5) is 5.82 Å². The highest BCUT2D eigenvalue weighted by Crippen LogP contribution is 2.21. The van der Waals surface area contributed by atoms with Gasteiger partial charge >= 0.3 is 0 Å². The van der Waals surface area contributed by atoms with Crippen LogP contribution in [-0.2, 0) is 6.54 Å². The van der Waals surface area contributed by atoms with Gasteiger partial charge in [0.1, 0.15) is 5.82 Å². The van der Waals surface area contributed by atoms with Gasteiger partial charge in [0, 0.05) is 11.0 Å². The fraction of sp³-hybridized carbons (Fsp3) is 0.158. The van der Waals surface area contributed by atoms with Crippen molar-refractivity contribution >= 4 is 23.5 Å². The topological polar surface area (TPSA) is 46.9 Å². The number of nitrogens with one attached hydrogen (secondary N) is 1. The molecule has 1 amide bonds. The smallest absolute Gasteiger partial charge is 0.257 e. The monoisotopic (exact) mass is 337 g/mol. The molecule has 0 saturated heterocycles. The number of hydrogen-bond acceptors (Lipinski definition) is 3. The van der Waals surface area contributed by atoms with E-state index in [1.165, 1.54) is 0 Å². The molecular formula is C19H19N3OS. The summed E-state index contributed by atoms with van der Waals surface area (Å²) in [5.74, 6) is 0.589. The second-order valence-electron chi connectivity index (χ2n) is 5.47. The fourth-order valence-corrected chi connectivity index (χ4v) is 3.13. The number of carbonyl (C=O) groups excluding carboxylic acids is 1. The zero-order valence-corrected chi connectivity index (χ0v) is 14.5. The Hall–Kier alpha value is -2.53. The number of thioether (sulfide) groups is 1. The van der Waals surface area contributed by atoms with Gasteiger partial charge in [0.05, 0.1) is 17.8 Å². The molecule has 0 bridgehead atoms. The Labute approximate surface area is 145 Å². The molecule has 0 aliphatic rings. The van der Waals surface area contributed by atoms with Crippen molar-refractivity contribution in [3.8, 4) is 0 Å². The fourth-order valence-electron chi connectivity index (χ4n) is 2.54. The third-order valence-electron chi connectivity index (χ3n) is 3.67. The second-order valence-corrected chi connectivity index (χ2v) is 6.32. The first-order valence-corrected chi connectivity index (χ1v) is 8.92. The van der Waals surface area contributed by atoms with Crippen LogP contribution in [0.5, 0.6) is 0 Å². The first kappa shape index (κ1) is 16.3. The van der Waals surface area contributed by atoms with Gasteiger partial charge in [-0.25, -0.2) is 4.68 Å². The second kappa shape index (κ2) is 7.36. The summed E-state index contributed by atoms with van der Waals surface area (Å²) in [6.07, 6.45) is 1.97. The average molecular weight is 337 g/mol. The van der Waals surface area contributed by atoms with Crippen LogP contribution in [0.1, 0.15) is 21.6 Å². The molecule has 122 valence electrons. The number of anilines is 1. The van der Waals surface area contributed by atoms with Crippen LogP contribution in [0.15, 0.2) is 65.6 Å². The quantitative estimate of drug-likeness (QED) is 0.709. The molecule has 0 atom stereocenters. The Morgan fingerprint density at radius 3 is 2.58 bits per heavy atom. The molecule has 5 heteroatoms. The van der Waals surface area contributed by atoms with Crippen LogP contribution in [0.2, 0.25) is 0 Å². The molecule has 1 heterocycles. The third kappa shape index (κ3) is 3.68. The summed E-state index contributed by atoms with van der Waals surface area (Å²) in [6.45, 7) is 2.54. The maximum Gasteiger partial charge on any atom is 0.257 e. The number of hydrogen-bond donors (Lipinski definition) is 1. The average Bonchev–Trinajstić information content (AvgIpc) is 2.94. The van der Waals surface area contributed by atoms with Crippen molar-refractivity contribution in [2.75, 3.05) is 11.6 Å². The Balaban J connectivity index is 1.84. The number of benzene rings is 2. The minimum Gasteiger partial charge on any atom is -0.307 e.